The van der Waals surface area contributed by atoms with Gasteiger partial charge in [0.2, 0.25) is 0 Å². The Balaban J connectivity index is 1.51. The zero-order valence-corrected chi connectivity index (χ0v) is 18.8. The van der Waals surface area contributed by atoms with E-state index >= 15 is 0 Å². The average Bonchev–Trinajstić information content (AvgIpc) is 2.97. The van der Waals surface area contributed by atoms with Gasteiger partial charge in [0.15, 0.2) is 0 Å². The van der Waals surface area contributed by atoms with Crippen LogP contribution in [0.25, 0.3) is 0 Å². The molecule has 31 heavy (non-hydrogen) atoms. The third kappa shape index (κ3) is 4.78. The summed E-state index contributed by atoms with van der Waals surface area (Å²) in [6, 6.07) is 25.7. The van der Waals surface area contributed by atoms with Gasteiger partial charge in [-0.15, -0.1) is 0 Å². The lowest BCUT2D eigenvalue weighted by atomic mass is 9.79. The lowest BCUT2D eigenvalue weighted by Crippen LogP contribution is -2.41. The Hall–Kier alpha value is -2.76. The van der Waals surface area contributed by atoms with Crippen LogP contribution in [0.15, 0.2) is 78.9 Å². The topological polar surface area (TPSA) is 36.9 Å². The van der Waals surface area contributed by atoms with Crippen LogP contribution < -0.4 is 14.9 Å². The molecular formula is C26H29BO4. The number of ether oxygens (including phenoxy) is 2. The van der Waals surface area contributed by atoms with Crippen molar-refractivity contribution in [2.75, 3.05) is 0 Å². The Morgan fingerprint density at radius 3 is 1.68 bits per heavy atom. The van der Waals surface area contributed by atoms with E-state index < -0.39 is 13.4 Å². The number of benzene rings is 3. The van der Waals surface area contributed by atoms with E-state index in [0.29, 0.717) is 5.75 Å². The molecule has 160 valence electrons. The largest absolute Gasteiger partial charge is 0.494 e. The van der Waals surface area contributed by atoms with Crippen molar-refractivity contribution in [2.45, 2.75) is 52.1 Å². The Morgan fingerprint density at radius 1 is 0.677 bits per heavy atom. The second-order valence-electron chi connectivity index (χ2n) is 8.95. The van der Waals surface area contributed by atoms with Crippen molar-refractivity contribution in [3.63, 3.8) is 0 Å². The molecule has 0 aliphatic carbocycles. The van der Waals surface area contributed by atoms with Gasteiger partial charge in [0.25, 0.3) is 6.29 Å². The van der Waals surface area contributed by atoms with Crippen LogP contribution in [0.3, 0.4) is 0 Å². The first-order chi connectivity index (χ1) is 14.7. The standard InChI is InChI=1S/C26H29BO4/c1-19-11-15-22(16-12-19)28-24(20-9-7-6-8-10-20)29-23-17-13-21(14-18-23)27-30-25(2,3)26(4,5)31-27/h6-18,24H,1-5H3. The number of rotatable bonds is 6. The summed E-state index contributed by atoms with van der Waals surface area (Å²) < 4.78 is 24.7. The van der Waals surface area contributed by atoms with Gasteiger partial charge in [0, 0.05) is 5.56 Å². The van der Waals surface area contributed by atoms with Crippen molar-refractivity contribution < 1.29 is 18.8 Å². The van der Waals surface area contributed by atoms with Crippen LogP contribution in [0.1, 0.15) is 45.1 Å². The highest BCUT2D eigenvalue weighted by atomic mass is 16.7. The second kappa shape index (κ2) is 8.41. The maximum absolute atomic E-state index is 6.23. The molecule has 1 aliphatic heterocycles. The highest BCUT2D eigenvalue weighted by molar-refractivity contribution is 6.62. The number of hydrogen-bond acceptors (Lipinski definition) is 4. The highest BCUT2D eigenvalue weighted by Gasteiger charge is 2.51. The third-order valence-electron chi connectivity index (χ3n) is 5.98. The summed E-state index contributed by atoms with van der Waals surface area (Å²) in [4.78, 5) is 0. The third-order valence-corrected chi connectivity index (χ3v) is 5.98. The second-order valence-corrected chi connectivity index (χ2v) is 8.95. The molecule has 1 fully saturated rings. The molecule has 0 bridgehead atoms. The van der Waals surface area contributed by atoms with E-state index in [1.54, 1.807) is 0 Å². The molecule has 0 N–H and O–H groups in total. The average molecular weight is 416 g/mol. The van der Waals surface area contributed by atoms with Gasteiger partial charge in [-0.25, -0.2) is 0 Å². The molecule has 1 unspecified atom stereocenters. The summed E-state index contributed by atoms with van der Waals surface area (Å²) in [7, 11) is -0.396. The molecule has 1 atom stereocenters. The lowest BCUT2D eigenvalue weighted by molar-refractivity contribution is 0.00382. The Morgan fingerprint density at radius 2 is 1.16 bits per heavy atom. The molecule has 0 saturated carbocycles. The minimum Gasteiger partial charge on any atom is -0.451 e. The summed E-state index contributed by atoms with van der Waals surface area (Å²) >= 11 is 0. The smallest absolute Gasteiger partial charge is 0.451 e. The molecule has 1 saturated heterocycles. The van der Waals surface area contributed by atoms with Gasteiger partial charge in [0.05, 0.1) is 11.2 Å². The van der Waals surface area contributed by atoms with Gasteiger partial charge < -0.3 is 18.8 Å². The molecule has 4 nitrogen and oxygen atoms in total. The van der Waals surface area contributed by atoms with Gasteiger partial charge in [0.1, 0.15) is 11.5 Å². The van der Waals surface area contributed by atoms with Crippen molar-refractivity contribution in [3.8, 4) is 11.5 Å². The van der Waals surface area contributed by atoms with E-state index in [0.717, 1.165) is 16.8 Å². The van der Waals surface area contributed by atoms with E-state index in [4.69, 9.17) is 18.8 Å². The predicted molar refractivity (Wildman–Crippen MR) is 124 cm³/mol. The fourth-order valence-electron chi connectivity index (χ4n) is 3.32. The lowest BCUT2D eigenvalue weighted by Gasteiger charge is -2.32. The van der Waals surface area contributed by atoms with Crippen molar-refractivity contribution in [1.29, 1.82) is 0 Å². The van der Waals surface area contributed by atoms with Crippen LogP contribution in [-0.4, -0.2) is 18.3 Å². The Labute approximate surface area is 185 Å². The fraction of sp³-hybridized carbons (Fsp3) is 0.308. The van der Waals surface area contributed by atoms with Gasteiger partial charge >= 0.3 is 7.12 Å². The maximum Gasteiger partial charge on any atom is 0.494 e. The van der Waals surface area contributed by atoms with Crippen LogP contribution in [0.2, 0.25) is 0 Å². The number of hydrogen-bond donors (Lipinski definition) is 0. The molecule has 3 aromatic carbocycles. The molecule has 3 aromatic rings. The van der Waals surface area contributed by atoms with Crippen LogP contribution in [0.4, 0.5) is 0 Å². The first kappa shape index (κ1) is 21.5. The zero-order chi connectivity index (χ0) is 22.1. The van der Waals surface area contributed by atoms with Crippen LogP contribution in [0.5, 0.6) is 11.5 Å². The van der Waals surface area contributed by atoms with Crippen molar-refractivity contribution in [3.05, 3.63) is 90.0 Å². The highest BCUT2D eigenvalue weighted by Crippen LogP contribution is 2.36. The SMILES string of the molecule is Cc1ccc(OC(Oc2ccc(B3OC(C)(C)C(C)(C)O3)cc2)c2ccccc2)cc1. The molecule has 0 radical (unpaired) electrons. The first-order valence-electron chi connectivity index (χ1n) is 10.6. The quantitative estimate of drug-likeness (QED) is 0.396. The molecule has 4 rings (SSSR count). The van der Waals surface area contributed by atoms with Crippen LogP contribution in [-0.2, 0) is 9.31 Å². The summed E-state index contributed by atoms with van der Waals surface area (Å²) in [6.45, 7) is 10.3. The minimum atomic E-state index is -0.563. The van der Waals surface area contributed by atoms with Gasteiger partial charge in [-0.05, 0) is 64.3 Å². The summed E-state index contributed by atoms with van der Waals surface area (Å²) in [5.41, 5.74) is 2.35. The van der Waals surface area contributed by atoms with Crippen LogP contribution >= 0.6 is 0 Å². The van der Waals surface area contributed by atoms with E-state index in [2.05, 4.69) is 34.6 Å². The summed E-state index contributed by atoms with van der Waals surface area (Å²) in [5.74, 6) is 1.47. The molecular weight excluding hydrogens is 387 g/mol. The number of aryl methyl sites for hydroxylation is 1. The van der Waals surface area contributed by atoms with E-state index in [-0.39, 0.29) is 11.2 Å². The molecule has 0 amide bonds. The molecule has 1 aliphatic rings. The molecule has 5 heteroatoms. The van der Waals surface area contributed by atoms with Gasteiger partial charge in [-0.3, -0.25) is 0 Å². The summed E-state index contributed by atoms with van der Waals surface area (Å²) in [5, 5.41) is 0. The Kier molecular flexibility index (Phi) is 5.82. The van der Waals surface area contributed by atoms with Crippen LogP contribution in [0, 0.1) is 6.92 Å². The molecule has 0 spiro atoms. The van der Waals surface area contributed by atoms with E-state index in [1.165, 1.54) is 5.56 Å². The summed E-state index contributed by atoms with van der Waals surface area (Å²) in [6.07, 6.45) is -0.563. The molecule has 0 aromatic heterocycles. The van der Waals surface area contributed by atoms with Gasteiger partial charge in [-0.2, -0.15) is 0 Å². The normalized spacial score (nSPS) is 17.9. The maximum atomic E-state index is 6.23. The van der Waals surface area contributed by atoms with E-state index in [1.807, 2.05) is 78.9 Å². The predicted octanol–water partition coefficient (Wildman–Crippen LogP) is 5.45. The zero-order valence-electron chi connectivity index (χ0n) is 18.8. The molecule has 1 heterocycles. The fourth-order valence-corrected chi connectivity index (χ4v) is 3.32. The van der Waals surface area contributed by atoms with E-state index in [9.17, 15) is 0 Å². The minimum absolute atomic E-state index is 0.368. The monoisotopic (exact) mass is 416 g/mol. The van der Waals surface area contributed by atoms with Crippen molar-refractivity contribution in [1.82, 2.24) is 0 Å². The van der Waals surface area contributed by atoms with Gasteiger partial charge in [-0.1, -0.05) is 60.2 Å². The first-order valence-corrected chi connectivity index (χ1v) is 10.6. The van der Waals surface area contributed by atoms with Crippen molar-refractivity contribution in [2.24, 2.45) is 0 Å². The Bertz CT molecular complexity index is 982. The van der Waals surface area contributed by atoms with Crippen molar-refractivity contribution >= 4 is 12.6 Å².